The minimum atomic E-state index is -0.277. The molecule has 8 heteroatoms. The van der Waals surface area contributed by atoms with Crippen LogP contribution in [0.25, 0.3) is 22.2 Å². The molecular weight excluding hydrogens is 526 g/mol. The highest BCUT2D eigenvalue weighted by Crippen LogP contribution is 2.38. The molecule has 5 nitrogen and oxygen atoms in total. The number of rotatable bonds is 4. The average Bonchev–Trinajstić information content (AvgIpc) is 3.34. The Labute approximate surface area is 197 Å². The van der Waals surface area contributed by atoms with Gasteiger partial charge in [0.2, 0.25) is 0 Å². The van der Waals surface area contributed by atoms with Crippen molar-refractivity contribution in [1.29, 1.82) is 0 Å². The Kier molecular flexibility index (Phi) is 5.85. The van der Waals surface area contributed by atoms with Crippen LogP contribution in [0.5, 0.6) is 0 Å². The molecule has 0 aliphatic carbocycles. The molecule has 1 atom stereocenters. The molecule has 0 amide bonds. The Hall–Kier alpha value is -2.17. The monoisotopic (exact) mass is 546 g/mol. The van der Waals surface area contributed by atoms with E-state index in [1.807, 2.05) is 24.4 Å². The van der Waals surface area contributed by atoms with Crippen molar-refractivity contribution < 1.29 is 9.13 Å². The molecule has 2 aromatic heterocycles. The van der Waals surface area contributed by atoms with Gasteiger partial charge in [0.1, 0.15) is 17.2 Å². The van der Waals surface area contributed by atoms with Crippen LogP contribution in [-0.4, -0.2) is 41.3 Å². The van der Waals surface area contributed by atoms with Gasteiger partial charge in [0.25, 0.3) is 0 Å². The summed E-state index contributed by atoms with van der Waals surface area (Å²) in [5.74, 6) is -0.277. The number of thiazole rings is 1. The van der Waals surface area contributed by atoms with E-state index in [9.17, 15) is 0 Å². The minimum absolute atomic E-state index is 0.0537. The molecule has 0 spiro atoms. The molecule has 1 unspecified atom stereocenters. The molecule has 0 bridgehead atoms. The third-order valence-corrected chi connectivity index (χ3v) is 8.07. The number of alkyl halides is 1. The number of ether oxygens (including phenoxy) is 1. The predicted molar refractivity (Wildman–Crippen MR) is 131 cm³/mol. The molecule has 4 aromatic rings. The van der Waals surface area contributed by atoms with Gasteiger partial charge >= 0.3 is 0 Å². The Morgan fingerprint density at radius 2 is 1.97 bits per heavy atom. The van der Waals surface area contributed by atoms with E-state index in [1.165, 1.54) is 6.33 Å². The number of aromatic nitrogens is 3. The van der Waals surface area contributed by atoms with Gasteiger partial charge in [-0.2, -0.15) is 0 Å². The zero-order valence-corrected chi connectivity index (χ0v) is 19.9. The van der Waals surface area contributed by atoms with E-state index >= 15 is 4.39 Å². The largest absolute Gasteiger partial charge is 0.378 e. The predicted octanol–water partition coefficient (Wildman–Crippen LogP) is 5.56. The van der Waals surface area contributed by atoms with Gasteiger partial charge in [0, 0.05) is 41.3 Å². The SMILES string of the molecule is Cc1cc(F)c(-c2ncnc3cc(N4CCOCC4)ccc23)cc1C(I)c1nccs1. The Morgan fingerprint density at radius 1 is 1.13 bits per heavy atom. The highest BCUT2D eigenvalue weighted by Gasteiger charge is 2.20. The van der Waals surface area contributed by atoms with Gasteiger partial charge in [0.15, 0.2) is 0 Å². The van der Waals surface area contributed by atoms with Gasteiger partial charge in [-0.15, -0.1) is 11.3 Å². The van der Waals surface area contributed by atoms with E-state index in [0.717, 1.165) is 59.0 Å². The van der Waals surface area contributed by atoms with Gasteiger partial charge in [-0.3, -0.25) is 0 Å². The van der Waals surface area contributed by atoms with Crippen molar-refractivity contribution >= 4 is 50.5 Å². The molecule has 0 radical (unpaired) electrons. The summed E-state index contributed by atoms with van der Waals surface area (Å²) < 4.78 is 20.6. The molecule has 31 heavy (non-hydrogen) atoms. The van der Waals surface area contributed by atoms with Crippen molar-refractivity contribution in [3.63, 3.8) is 0 Å². The summed E-state index contributed by atoms with van der Waals surface area (Å²) >= 11 is 3.97. The van der Waals surface area contributed by atoms with Crippen molar-refractivity contribution in [2.45, 2.75) is 10.8 Å². The first kappa shape index (κ1) is 20.7. The van der Waals surface area contributed by atoms with Crippen molar-refractivity contribution in [3.05, 3.63) is 70.2 Å². The second-order valence-electron chi connectivity index (χ2n) is 7.44. The number of benzene rings is 2. The first-order valence-corrected chi connectivity index (χ1v) is 12.2. The van der Waals surface area contributed by atoms with Crippen LogP contribution < -0.4 is 4.90 Å². The van der Waals surface area contributed by atoms with Crippen molar-refractivity contribution in [2.75, 3.05) is 31.2 Å². The molecule has 2 aromatic carbocycles. The standard InChI is InChI=1S/C23H20FIN4OS/c1-14-10-19(24)18(12-17(14)21(25)23-26-4-9-31-23)22-16-3-2-15(11-20(16)27-13-28-22)29-5-7-30-8-6-29/h2-4,9-13,21H,5-8H2,1H3. The molecule has 1 fully saturated rings. The van der Waals surface area contributed by atoms with Gasteiger partial charge < -0.3 is 9.64 Å². The first-order valence-electron chi connectivity index (χ1n) is 10.0. The second kappa shape index (κ2) is 8.76. The number of anilines is 1. The minimum Gasteiger partial charge on any atom is -0.378 e. The Morgan fingerprint density at radius 3 is 2.74 bits per heavy atom. The Balaban J connectivity index is 1.59. The quantitative estimate of drug-likeness (QED) is 0.248. The number of fused-ring (bicyclic) bond motifs is 1. The summed E-state index contributed by atoms with van der Waals surface area (Å²) in [5.41, 5.74) is 4.96. The summed E-state index contributed by atoms with van der Waals surface area (Å²) in [7, 11) is 0. The molecule has 0 saturated carbocycles. The van der Waals surface area contributed by atoms with Crippen LogP contribution in [0, 0.1) is 12.7 Å². The van der Waals surface area contributed by atoms with Crippen molar-refractivity contribution in [2.24, 2.45) is 0 Å². The van der Waals surface area contributed by atoms with Gasteiger partial charge in [-0.1, -0.05) is 22.6 Å². The van der Waals surface area contributed by atoms with Crippen LogP contribution in [0.4, 0.5) is 10.1 Å². The molecule has 0 N–H and O–H groups in total. The number of hydrogen-bond donors (Lipinski definition) is 0. The van der Waals surface area contributed by atoms with Crippen LogP contribution in [0.2, 0.25) is 0 Å². The maximum Gasteiger partial charge on any atom is 0.132 e. The molecular formula is C23H20FIN4OS. The van der Waals surface area contributed by atoms with Crippen molar-refractivity contribution in [1.82, 2.24) is 15.0 Å². The fraction of sp³-hybridized carbons (Fsp3) is 0.261. The van der Waals surface area contributed by atoms with Crippen LogP contribution in [-0.2, 0) is 4.74 Å². The number of hydrogen-bond acceptors (Lipinski definition) is 6. The normalized spacial score (nSPS) is 15.4. The van der Waals surface area contributed by atoms with E-state index < -0.39 is 0 Å². The highest BCUT2D eigenvalue weighted by atomic mass is 127. The lowest BCUT2D eigenvalue weighted by Crippen LogP contribution is -2.36. The van der Waals surface area contributed by atoms with Crippen LogP contribution in [0.1, 0.15) is 20.1 Å². The number of halogens is 2. The van der Waals surface area contributed by atoms with E-state index in [2.05, 4.69) is 54.6 Å². The maximum atomic E-state index is 15.1. The third kappa shape index (κ3) is 4.04. The van der Waals surface area contributed by atoms with Crippen molar-refractivity contribution in [3.8, 4) is 11.3 Å². The molecule has 5 rings (SSSR count). The van der Waals surface area contributed by atoms with E-state index in [1.54, 1.807) is 23.6 Å². The Bertz CT molecular complexity index is 1230. The van der Waals surface area contributed by atoms with E-state index in [4.69, 9.17) is 4.74 Å². The highest BCUT2D eigenvalue weighted by molar-refractivity contribution is 14.1. The summed E-state index contributed by atoms with van der Waals surface area (Å²) in [6.07, 6.45) is 3.32. The first-order chi connectivity index (χ1) is 15.1. The van der Waals surface area contributed by atoms with Crippen LogP contribution >= 0.6 is 33.9 Å². The van der Waals surface area contributed by atoms with E-state index in [-0.39, 0.29) is 9.74 Å². The lowest BCUT2D eigenvalue weighted by molar-refractivity contribution is 0.122. The zero-order chi connectivity index (χ0) is 21.4. The summed E-state index contributed by atoms with van der Waals surface area (Å²) in [6.45, 7) is 5.09. The average molecular weight is 546 g/mol. The molecule has 1 aliphatic rings. The second-order valence-corrected chi connectivity index (χ2v) is 9.62. The summed E-state index contributed by atoms with van der Waals surface area (Å²) in [4.78, 5) is 15.7. The van der Waals surface area contributed by atoms with Gasteiger partial charge in [-0.25, -0.2) is 19.3 Å². The third-order valence-electron chi connectivity index (χ3n) is 5.55. The lowest BCUT2D eigenvalue weighted by atomic mass is 9.98. The molecule has 3 heterocycles. The molecule has 1 aliphatic heterocycles. The lowest BCUT2D eigenvalue weighted by Gasteiger charge is -2.29. The molecule has 158 valence electrons. The smallest absolute Gasteiger partial charge is 0.132 e. The fourth-order valence-corrected chi connectivity index (χ4v) is 5.82. The number of nitrogens with zero attached hydrogens (tertiary/aromatic N) is 4. The topological polar surface area (TPSA) is 51.1 Å². The van der Waals surface area contributed by atoms with Gasteiger partial charge in [0.05, 0.1) is 28.3 Å². The fourth-order valence-electron chi connectivity index (χ4n) is 3.91. The maximum absolute atomic E-state index is 15.1. The van der Waals surface area contributed by atoms with Crippen LogP contribution in [0.3, 0.4) is 0 Å². The van der Waals surface area contributed by atoms with Crippen LogP contribution in [0.15, 0.2) is 48.2 Å². The number of morpholine rings is 1. The van der Waals surface area contributed by atoms with E-state index in [0.29, 0.717) is 11.3 Å². The zero-order valence-electron chi connectivity index (χ0n) is 16.9. The summed E-state index contributed by atoms with van der Waals surface area (Å²) in [6, 6.07) is 9.62. The number of aryl methyl sites for hydroxylation is 1. The molecule has 1 saturated heterocycles. The summed E-state index contributed by atoms with van der Waals surface area (Å²) in [5, 5.41) is 3.81. The van der Waals surface area contributed by atoms with Gasteiger partial charge in [-0.05, 0) is 48.4 Å².